The SMILES string of the molecule is CN(C(=O)c1cc(N2CCC3(CC2)OCCO3)ccn1)c1ccccc1. The zero-order valence-electron chi connectivity index (χ0n) is 14.9. The molecule has 0 bridgehead atoms. The molecule has 6 heteroatoms. The Hall–Kier alpha value is -2.44. The molecule has 2 saturated heterocycles. The van der Waals surface area contributed by atoms with Crippen LogP contribution in [0.15, 0.2) is 48.7 Å². The summed E-state index contributed by atoms with van der Waals surface area (Å²) in [4.78, 5) is 21.0. The maximum absolute atomic E-state index is 12.8. The van der Waals surface area contributed by atoms with E-state index < -0.39 is 5.79 Å². The van der Waals surface area contributed by atoms with Crippen molar-refractivity contribution in [2.75, 3.05) is 43.2 Å². The fourth-order valence-electron chi connectivity index (χ4n) is 3.57. The van der Waals surface area contributed by atoms with E-state index in [2.05, 4.69) is 9.88 Å². The molecule has 1 aromatic carbocycles. The highest BCUT2D eigenvalue weighted by atomic mass is 16.7. The van der Waals surface area contributed by atoms with Gasteiger partial charge in [-0.3, -0.25) is 9.78 Å². The third-order valence-corrected chi connectivity index (χ3v) is 5.11. The lowest BCUT2D eigenvalue weighted by atomic mass is 10.0. The van der Waals surface area contributed by atoms with Crippen molar-refractivity contribution in [3.05, 3.63) is 54.4 Å². The molecule has 2 aliphatic heterocycles. The van der Waals surface area contributed by atoms with Crippen molar-refractivity contribution in [1.29, 1.82) is 0 Å². The van der Waals surface area contributed by atoms with Gasteiger partial charge in [0, 0.05) is 50.6 Å². The van der Waals surface area contributed by atoms with Gasteiger partial charge >= 0.3 is 0 Å². The number of rotatable bonds is 3. The molecule has 0 aliphatic carbocycles. The predicted octanol–water partition coefficient (Wildman–Crippen LogP) is 2.70. The number of anilines is 2. The second-order valence-corrected chi connectivity index (χ2v) is 6.69. The first kappa shape index (κ1) is 17.0. The molecule has 0 saturated carbocycles. The quantitative estimate of drug-likeness (QED) is 0.849. The fourth-order valence-corrected chi connectivity index (χ4v) is 3.57. The number of ether oxygens (including phenoxy) is 2. The van der Waals surface area contributed by atoms with Crippen molar-refractivity contribution in [1.82, 2.24) is 4.98 Å². The number of aromatic nitrogens is 1. The summed E-state index contributed by atoms with van der Waals surface area (Å²) in [5, 5.41) is 0. The van der Waals surface area contributed by atoms with Crippen molar-refractivity contribution in [2.45, 2.75) is 18.6 Å². The zero-order valence-corrected chi connectivity index (χ0v) is 14.9. The molecule has 26 heavy (non-hydrogen) atoms. The van der Waals surface area contributed by atoms with E-state index in [1.165, 1.54) is 0 Å². The standard InChI is InChI=1S/C20H23N3O3/c1-22(16-5-3-2-4-6-16)19(24)18-15-17(7-10-21-18)23-11-8-20(9-12-23)25-13-14-26-20/h2-7,10,15H,8-9,11-14H2,1H3. The highest BCUT2D eigenvalue weighted by molar-refractivity contribution is 6.04. The first-order valence-electron chi connectivity index (χ1n) is 8.99. The number of para-hydroxylation sites is 1. The van der Waals surface area contributed by atoms with Crippen LogP contribution in [0.25, 0.3) is 0 Å². The highest BCUT2D eigenvalue weighted by Crippen LogP contribution is 2.33. The molecule has 0 N–H and O–H groups in total. The molecule has 1 spiro atoms. The van der Waals surface area contributed by atoms with Gasteiger partial charge in [-0.25, -0.2) is 0 Å². The van der Waals surface area contributed by atoms with Crippen LogP contribution in [0.3, 0.4) is 0 Å². The highest BCUT2D eigenvalue weighted by Gasteiger charge is 2.39. The Morgan fingerprint density at radius 3 is 2.50 bits per heavy atom. The van der Waals surface area contributed by atoms with Gasteiger partial charge < -0.3 is 19.3 Å². The number of nitrogens with zero attached hydrogens (tertiary/aromatic N) is 3. The number of carbonyl (C=O) groups excluding carboxylic acids is 1. The molecule has 4 rings (SSSR count). The average Bonchev–Trinajstić information content (AvgIpc) is 3.16. The lowest BCUT2D eigenvalue weighted by Gasteiger charge is -2.38. The number of amides is 1. The van der Waals surface area contributed by atoms with Crippen molar-refractivity contribution in [2.24, 2.45) is 0 Å². The lowest BCUT2D eigenvalue weighted by Crippen LogP contribution is -2.45. The summed E-state index contributed by atoms with van der Waals surface area (Å²) in [5.74, 6) is -0.510. The predicted molar refractivity (Wildman–Crippen MR) is 99.5 cm³/mol. The Bertz CT molecular complexity index is 765. The van der Waals surface area contributed by atoms with Crippen molar-refractivity contribution < 1.29 is 14.3 Å². The fraction of sp³-hybridized carbons (Fsp3) is 0.400. The molecule has 2 aliphatic rings. The van der Waals surface area contributed by atoms with Crippen LogP contribution < -0.4 is 9.80 Å². The Balaban J connectivity index is 1.47. The summed E-state index contributed by atoms with van der Waals surface area (Å²) in [6.45, 7) is 3.04. The van der Waals surface area contributed by atoms with Crippen LogP contribution in [-0.2, 0) is 9.47 Å². The van der Waals surface area contributed by atoms with Crippen molar-refractivity contribution in [3.8, 4) is 0 Å². The number of pyridine rings is 1. The summed E-state index contributed by atoms with van der Waals surface area (Å²) in [6.07, 6.45) is 3.37. The zero-order chi connectivity index (χ0) is 18.0. The average molecular weight is 353 g/mol. The van der Waals surface area contributed by atoms with Crippen LogP contribution in [0.1, 0.15) is 23.3 Å². The van der Waals surface area contributed by atoms with Crippen molar-refractivity contribution in [3.63, 3.8) is 0 Å². The Morgan fingerprint density at radius 2 is 1.81 bits per heavy atom. The summed E-state index contributed by atoms with van der Waals surface area (Å²) >= 11 is 0. The maximum atomic E-state index is 12.8. The molecule has 1 aromatic heterocycles. The van der Waals surface area contributed by atoms with Crippen LogP contribution in [0.2, 0.25) is 0 Å². The molecule has 1 amide bonds. The summed E-state index contributed by atoms with van der Waals surface area (Å²) in [6, 6.07) is 13.4. The van der Waals surface area contributed by atoms with Gasteiger partial charge in [0.05, 0.1) is 13.2 Å². The number of hydrogen-bond donors (Lipinski definition) is 0. The van der Waals surface area contributed by atoms with E-state index in [1.54, 1.807) is 18.1 Å². The van der Waals surface area contributed by atoms with Crippen LogP contribution in [-0.4, -0.2) is 50.0 Å². The molecule has 3 heterocycles. The van der Waals surface area contributed by atoms with Crippen LogP contribution in [0, 0.1) is 0 Å². The summed E-state index contributed by atoms with van der Waals surface area (Å²) < 4.78 is 11.6. The molecule has 2 aromatic rings. The molecule has 0 radical (unpaired) electrons. The van der Waals surface area contributed by atoms with Gasteiger partial charge in [0.2, 0.25) is 0 Å². The molecule has 136 valence electrons. The van der Waals surface area contributed by atoms with Gasteiger partial charge in [0.1, 0.15) is 5.69 Å². The minimum atomic E-state index is -0.393. The van der Waals surface area contributed by atoms with E-state index in [4.69, 9.17) is 9.47 Å². The topological polar surface area (TPSA) is 54.9 Å². The largest absolute Gasteiger partial charge is 0.371 e. The van der Waals surface area contributed by atoms with E-state index in [0.717, 1.165) is 37.3 Å². The maximum Gasteiger partial charge on any atom is 0.276 e. The van der Waals surface area contributed by atoms with Crippen molar-refractivity contribution >= 4 is 17.3 Å². The second-order valence-electron chi connectivity index (χ2n) is 6.69. The Kier molecular flexibility index (Phi) is 4.61. The van der Waals surface area contributed by atoms with E-state index in [1.807, 2.05) is 42.5 Å². The normalized spacial score (nSPS) is 18.9. The van der Waals surface area contributed by atoms with Gasteiger partial charge in [0.15, 0.2) is 5.79 Å². The molecular weight excluding hydrogens is 330 g/mol. The van der Waals surface area contributed by atoms with E-state index >= 15 is 0 Å². The first-order chi connectivity index (χ1) is 12.7. The monoisotopic (exact) mass is 353 g/mol. The molecule has 6 nitrogen and oxygen atoms in total. The number of benzene rings is 1. The molecule has 0 unspecified atom stereocenters. The van der Waals surface area contributed by atoms with Crippen LogP contribution in [0.5, 0.6) is 0 Å². The number of piperidine rings is 1. The summed E-state index contributed by atoms with van der Waals surface area (Å²) in [5.41, 5.74) is 2.31. The minimum Gasteiger partial charge on any atom is -0.371 e. The molecule has 2 fully saturated rings. The first-order valence-corrected chi connectivity index (χ1v) is 8.99. The van der Waals surface area contributed by atoms with E-state index in [9.17, 15) is 4.79 Å². The lowest BCUT2D eigenvalue weighted by molar-refractivity contribution is -0.169. The number of carbonyl (C=O) groups is 1. The van der Waals surface area contributed by atoms with Crippen LogP contribution >= 0.6 is 0 Å². The van der Waals surface area contributed by atoms with Gasteiger partial charge in [-0.2, -0.15) is 0 Å². The molecular formula is C20H23N3O3. The second kappa shape index (κ2) is 7.05. The molecule has 0 atom stereocenters. The van der Waals surface area contributed by atoms with Crippen LogP contribution in [0.4, 0.5) is 11.4 Å². The smallest absolute Gasteiger partial charge is 0.276 e. The van der Waals surface area contributed by atoms with E-state index in [0.29, 0.717) is 18.9 Å². The van der Waals surface area contributed by atoms with Gasteiger partial charge in [-0.05, 0) is 24.3 Å². The Labute approximate surface area is 153 Å². The third-order valence-electron chi connectivity index (χ3n) is 5.11. The summed E-state index contributed by atoms with van der Waals surface area (Å²) in [7, 11) is 1.77. The third kappa shape index (κ3) is 3.30. The number of hydrogen-bond acceptors (Lipinski definition) is 5. The van der Waals surface area contributed by atoms with Gasteiger partial charge in [0.25, 0.3) is 5.91 Å². The van der Waals surface area contributed by atoms with Gasteiger partial charge in [-0.15, -0.1) is 0 Å². The van der Waals surface area contributed by atoms with Gasteiger partial charge in [-0.1, -0.05) is 18.2 Å². The van der Waals surface area contributed by atoms with E-state index in [-0.39, 0.29) is 5.91 Å². The Morgan fingerprint density at radius 1 is 1.12 bits per heavy atom. The minimum absolute atomic E-state index is 0.117.